The van der Waals surface area contributed by atoms with Gasteiger partial charge in [-0.1, -0.05) is 6.07 Å². The summed E-state index contributed by atoms with van der Waals surface area (Å²) >= 11 is 3.33. The van der Waals surface area contributed by atoms with Crippen molar-refractivity contribution in [2.45, 2.75) is 18.9 Å². The first kappa shape index (κ1) is 12.3. The van der Waals surface area contributed by atoms with E-state index in [1.807, 2.05) is 12.3 Å². The van der Waals surface area contributed by atoms with Gasteiger partial charge in [-0.05, 0) is 40.4 Å². The highest BCUT2D eigenvalue weighted by Crippen LogP contribution is 2.36. The van der Waals surface area contributed by atoms with E-state index in [0.29, 0.717) is 10.3 Å². The molecule has 19 heavy (non-hydrogen) atoms. The van der Waals surface area contributed by atoms with E-state index >= 15 is 0 Å². The van der Waals surface area contributed by atoms with Crippen molar-refractivity contribution < 1.29 is 0 Å². The maximum atomic E-state index is 11.7. The number of pyridine rings is 1. The van der Waals surface area contributed by atoms with Crippen molar-refractivity contribution in [2.75, 3.05) is 11.4 Å². The van der Waals surface area contributed by atoms with E-state index in [1.54, 1.807) is 6.20 Å². The molecule has 1 aliphatic rings. The summed E-state index contributed by atoms with van der Waals surface area (Å²) in [6.45, 7) is 0.897. The molecule has 98 valence electrons. The van der Waals surface area contributed by atoms with Crippen molar-refractivity contribution >= 4 is 21.7 Å². The van der Waals surface area contributed by atoms with Gasteiger partial charge in [0.1, 0.15) is 4.47 Å². The number of nitrogens with one attached hydrogen (secondary N) is 1. The molecule has 3 rings (SSSR count). The minimum absolute atomic E-state index is 0.151. The standard InChI is InChI=1S/C13H13BrN4O/c14-11-12(16-8-17-13(11)19)18-6-2-4-10(18)9-3-1-5-15-7-9/h1,3,5,7-8,10H,2,4,6H2,(H,16,17,19). The van der Waals surface area contributed by atoms with E-state index in [0.717, 1.165) is 24.9 Å². The minimum Gasteiger partial charge on any atom is -0.348 e. The zero-order chi connectivity index (χ0) is 13.2. The molecule has 6 heteroatoms. The lowest BCUT2D eigenvalue weighted by atomic mass is 10.1. The molecule has 0 aromatic carbocycles. The summed E-state index contributed by atoms with van der Waals surface area (Å²) in [6, 6.07) is 4.24. The highest BCUT2D eigenvalue weighted by Gasteiger charge is 2.29. The Morgan fingerprint density at radius 3 is 3.16 bits per heavy atom. The summed E-state index contributed by atoms with van der Waals surface area (Å²) in [5, 5.41) is 0. The Labute approximate surface area is 118 Å². The number of H-pyrrole nitrogens is 1. The summed E-state index contributed by atoms with van der Waals surface area (Å²) in [6.07, 6.45) is 7.22. The summed E-state index contributed by atoms with van der Waals surface area (Å²) < 4.78 is 0.491. The van der Waals surface area contributed by atoms with Gasteiger partial charge in [-0.3, -0.25) is 9.78 Å². The van der Waals surface area contributed by atoms with Crippen molar-refractivity contribution in [1.29, 1.82) is 0 Å². The third kappa shape index (κ3) is 2.28. The maximum Gasteiger partial charge on any atom is 0.267 e. The van der Waals surface area contributed by atoms with Gasteiger partial charge in [0.25, 0.3) is 5.56 Å². The molecule has 0 aliphatic carbocycles. The van der Waals surface area contributed by atoms with Crippen LogP contribution >= 0.6 is 15.9 Å². The smallest absolute Gasteiger partial charge is 0.267 e. The van der Waals surface area contributed by atoms with Gasteiger partial charge in [0, 0.05) is 18.9 Å². The van der Waals surface area contributed by atoms with Crippen molar-refractivity contribution in [2.24, 2.45) is 0 Å². The molecule has 1 atom stereocenters. The Morgan fingerprint density at radius 1 is 1.47 bits per heavy atom. The zero-order valence-corrected chi connectivity index (χ0v) is 11.8. The summed E-state index contributed by atoms with van der Waals surface area (Å²) in [7, 11) is 0. The largest absolute Gasteiger partial charge is 0.348 e. The zero-order valence-electron chi connectivity index (χ0n) is 10.2. The SMILES string of the molecule is O=c1[nH]cnc(N2CCCC2c2cccnc2)c1Br. The van der Waals surface area contributed by atoms with Crippen LogP contribution in [0.5, 0.6) is 0 Å². The number of aromatic amines is 1. The molecule has 1 saturated heterocycles. The molecule has 2 aromatic heterocycles. The molecule has 0 bridgehead atoms. The molecular formula is C13H13BrN4O. The Morgan fingerprint density at radius 2 is 2.37 bits per heavy atom. The van der Waals surface area contributed by atoms with Crippen LogP contribution in [0.25, 0.3) is 0 Å². The topological polar surface area (TPSA) is 61.9 Å². The van der Waals surface area contributed by atoms with Crippen molar-refractivity contribution in [1.82, 2.24) is 15.0 Å². The third-order valence-electron chi connectivity index (χ3n) is 3.37. The third-order valence-corrected chi connectivity index (χ3v) is 4.09. The number of aromatic nitrogens is 3. The molecule has 1 N–H and O–H groups in total. The highest BCUT2D eigenvalue weighted by atomic mass is 79.9. The normalized spacial score (nSPS) is 18.8. The summed E-state index contributed by atoms with van der Waals surface area (Å²) in [5.41, 5.74) is 1.01. The molecule has 0 spiro atoms. The first-order chi connectivity index (χ1) is 9.27. The number of rotatable bonds is 2. The first-order valence-electron chi connectivity index (χ1n) is 6.17. The van der Waals surface area contributed by atoms with Crippen LogP contribution in [-0.2, 0) is 0 Å². The van der Waals surface area contributed by atoms with Crippen molar-refractivity contribution in [3.05, 3.63) is 51.2 Å². The summed E-state index contributed by atoms with van der Waals surface area (Å²) in [4.78, 5) is 24.9. The molecule has 0 saturated carbocycles. The lowest BCUT2D eigenvalue weighted by Crippen LogP contribution is -2.26. The van der Waals surface area contributed by atoms with Crippen LogP contribution in [0.2, 0.25) is 0 Å². The van der Waals surface area contributed by atoms with Gasteiger partial charge < -0.3 is 9.88 Å². The van der Waals surface area contributed by atoms with Crippen LogP contribution in [-0.4, -0.2) is 21.5 Å². The quantitative estimate of drug-likeness (QED) is 0.922. The Balaban J connectivity index is 2.00. The number of hydrogen-bond donors (Lipinski definition) is 1. The van der Waals surface area contributed by atoms with E-state index in [4.69, 9.17) is 0 Å². The van der Waals surface area contributed by atoms with Crippen LogP contribution in [0.4, 0.5) is 5.82 Å². The van der Waals surface area contributed by atoms with Crippen molar-refractivity contribution in [3.63, 3.8) is 0 Å². The minimum atomic E-state index is -0.151. The van der Waals surface area contributed by atoms with Gasteiger partial charge >= 0.3 is 0 Å². The molecule has 1 aliphatic heterocycles. The number of hydrogen-bond acceptors (Lipinski definition) is 4. The maximum absolute atomic E-state index is 11.7. The van der Waals surface area contributed by atoms with Crippen LogP contribution in [0, 0.1) is 0 Å². The fourth-order valence-corrected chi connectivity index (χ4v) is 2.96. The Hall–Kier alpha value is -1.69. The van der Waals surface area contributed by atoms with E-state index in [2.05, 4.69) is 41.8 Å². The second-order valence-electron chi connectivity index (χ2n) is 4.51. The average Bonchev–Trinajstić information content (AvgIpc) is 2.92. The Kier molecular flexibility index (Phi) is 3.33. The highest BCUT2D eigenvalue weighted by molar-refractivity contribution is 9.10. The van der Waals surface area contributed by atoms with Gasteiger partial charge in [0.05, 0.1) is 12.4 Å². The lowest BCUT2D eigenvalue weighted by Gasteiger charge is -2.26. The van der Waals surface area contributed by atoms with E-state index in [1.165, 1.54) is 6.33 Å². The van der Waals surface area contributed by atoms with Gasteiger partial charge in [-0.15, -0.1) is 0 Å². The van der Waals surface area contributed by atoms with E-state index < -0.39 is 0 Å². The second-order valence-corrected chi connectivity index (χ2v) is 5.30. The van der Waals surface area contributed by atoms with Gasteiger partial charge in [0.15, 0.2) is 5.82 Å². The number of halogens is 1. The predicted octanol–water partition coefficient (Wildman–Crippen LogP) is 2.27. The molecule has 5 nitrogen and oxygen atoms in total. The average molecular weight is 321 g/mol. The molecule has 0 amide bonds. The number of anilines is 1. The van der Waals surface area contributed by atoms with Gasteiger partial charge in [0.2, 0.25) is 0 Å². The fourth-order valence-electron chi connectivity index (χ4n) is 2.51. The summed E-state index contributed by atoms with van der Waals surface area (Å²) in [5.74, 6) is 0.704. The lowest BCUT2D eigenvalue weighted by molar-refractivity contribution is 0.704. The van der Waals surface area contributed by atoms with Gasteiger partial charge in [-0.25, -0.2) is 4.98 Å². The fraction of sp³-hybridized carbons (Fsp3) is 0.308. The molecule has 1 fully saturated rings. The molecular weight excluding hydrogens is 308 g/mol. The molecule has 0 radical (unpaired) electrons. The van der Waals surface area contributed by atoms with E-state index in [9.17, 15) is 4.79 Å². The van der Waals surface area contributed by atoms with Crippen LogP contribution in [0.3, 0.4) is 0 Å². The predicted molar refractivity (Wildman–Crippen MR) is 76.1 cm³/mol. The molecule has 1 unspecified atom stereocenters. The van der Waals surface area contributed by atoms with Crippen LogP contribution < -0.4 is 10.5 Å². The van der Waals surface area contributed by atoms with Gasteiger partial charge in [-0.2, -0.15) is 0 Å². The number of nitrogens with zero attached hydrogens (tertiary/aromatic N) is 3. The first-order valence-corrected chi connectivity index (χ1v) is 6.96. The van der Waals surface area contributed by atoms with Crippen molar-refractivity contribution in [3.8, 4) is 0 Å². The van der Waals surface area contributed by atoms with Crippen LogP contribution in [0.15, 0.2) is 40.1 Å². The molecule has 2 aromatic rings. The van der Waals surface area contributed by atoms with E-state index in [-0.39, 0.29) is 11.6 Å². The Bertz CT molecular complexity index is 628. The van der Waals surface area contributed by atoms with Crippen LogP contribution in [0.1, 0.15) is 24.4 Å². The molecule has 3 heterocycles. The monoisotopic (exact) mass is 320 g/mol. The second kappa shape index (κ2) is 5.13.